The highest BCUT2D eigenvalue weighted by Crippen LogP contribution is 2.21. The van der Waals surface area contributed by atoms with Crippen LogP contribution < -0.4 is 9.83 Å². The smallest absolute Gasteiger partial charge is 0.241 e. The summed E-state index contributed by atoms with van der Waals surface area (Å²) in [4.78, 5) is 10.5. The molecule has 0 atom stereocenters. The van der Waals surface area contributed by atoms with Crippen molar-refractivity contribution in [3.05, 3.63) is 28.8 Å². The first-order chi connectivity index (χ1) is 8.24. The number of sulfonamides is 1. The van der Waals surface area contributed by atoms with Crippen molar-refractivity contribution in [2.75, 3.05) is 6.54 Å². The predicted octanol–water partition coefficient (Wildman–Crippen LogP) is 0.0302. The summed E-state index contributed by atoms with van der Waals surface area (Å²) in [6.07, 6.45) is -0.344. The van der Waals surface area contributed by atoms with E-state index in [2.05, 4.69) is 4.72 Å². The fourth-order valence-corrected chi connectivity index (χ4v) is 3.43. The van der Waals surface area contributed by atoms with Gasteiger partial charge < -0.3 is 9.90 Å². The van der Waals surface area contributed by atoms with Crippen LogP contribution in [0.2, 0.25) is 0 Å². The van der Waals surface area contributed by atoms with Crippen LogP contribution in [0.1, 0.15) is 23.1 Å². The molecule has 1 rings (SSSR count). The third kappa shape index (κ3) is 3.54. The second-order valence-electron chi connectivity index (χ2n) is 4.25. The number of aryl methyl sites for hydroxylation is 3. The molecule has 6 heteroatoms. The number of carboxylic acids is 1. The van der Waals surface area contributed by atoms with Crippen molar-refractivity contribution in [3.63, 3.8) is 0 Å². The van der Waals surface area contributed by atoms with Gasteiger partial charge in [-0.2, -0.15) is 0 Å². The largest absolute Gasteiger partial charge is 0.550 e. The molecule has 5 nitrogen and oxygen atoms in total. The molecule has 0 radical (unpaired) electrons. The highest BCUT2D eigenvalue weighted by molar-refractivity contribution is 7.89. The lowest BCUT2D eigenvalue weighted by atomic mass is 10.1. The first-order valence-electron chi connectivity index (χ1n) is 5.51. The number of hydrogen-bond donors (Lipinski definition) is 1. The number of carbonyl (C=O) groups excluding carboxylic acids is 1. The summed E-state index contributed by atoms with van der Waals surface area (Å²) in [5, 5.41) is 10.3. The van der Waals surface area contributed by atoms with E-state index in [1.54, 1.807) is 26.0 Å². The summed E-state index contributed by atoms with van der Waals surface area (Å²) in [5.74, 6) is -1.28. The number of hydrogen-bond acceptors (Lipinski definition) is 4. The van der Waals surface area contributed by atoms with Gasteiger partial charge in [-0.15, -0.1) is 0 Å². The summed E-state index contributed by atoms with van der Waals surface area (Å²) in [5.41, 5.74) is 2.28. The molecule has 0 aliphatic rings. The molecule has 1 N–H and O–H groups in total. The minimum atomic E-state index is -3.68. The third-order valence-corrected chi connectivity index (χ3v) is 4.26. The number of nitrogens with one attached hydrogen (secondary N) is 1. The molecule has 0 saturated heterocycles. The van der Waals surface area contributed by atoms with Crippen molar-refractivity contribution in [1.29, 1.82) is 0 Å². The Labute approximate surface area is 107 Å². The molecule has 1 aromatic carbocycles. The summed E-state index contributed by atoms with van der Waals surface area (Å²) in [6.45, 7) is 5.15. The van der Waals surface area contributed by atoms with E-state index in [9.17, 15) is 18.3 Å². The van der Waals surface area contributed by atoms with Gasteiger partial charge in [0.15, 0.2) is 0 Å². The molecule has 0 spiro atoms. The van der Waals surface area contributed by atoms with Crippen LogP contribution in [0.4, 0.5) is 0 Å². The van der Waals surface area contributed by atoms with Crippen LogP contribution in [0.3, 0.4) is 0 Å². The molecule has 0 saturated carbocycles. The topological polar surface area (TPSA) is 86.3 Å². The Hall–Kier alpha value is -1.40. The average Bonchev–Trinajstić information content (AvgIpc) is 2.13. The van der Waals surface area contributed by atoms with Crippen molar-refractivity contribution < 1.29 is 18.3 Å². The Morgan fingerprint density at radius 2 is 1.72 bits per heavy atom. The third-order valence-electron chi connectivity index (χ3n) is 2.49. The van der Waals surface area contributed by atoms with Crippen LogP contribution in [0.25, 0.3) is 0 Å². The number of aliphatic carboxylic acids is 1. The van der Waals surface area contributed by atoms with Crippen LogP contribution in [0.15, 0.2) is 17.0 Å². The zero-order valence-electron chi connectivity index (χ0n) is 10.6. The van der Waals surface area contributed by atoms with E-state index in [1.165, 1.54) is 0 Å². The van der Waals surface area contributed by atoms with E-state index in [0.29, 0.717) is 11.1 Å². The van der Waals surface area contributed by atoms with Gasteiger partial charge in [0.2, 0.25) is 10.0 Å². The highest BCUT2D eigenvalue weighted by atomic mass is 32.2. The fourth-order valence-electron chi connectivity index (χ4n) is 1.95. The minimum Gasteiger partial charge on any atom is -0.550 e. The molecule has 0 aliphatic heterocycles. The fraction of sp³-hybridized carbons (Fsp3) is 0.417. The SMILES string of the molecule is Cc1cc(C)c(S(=O)(=O)NCCC(=O)[O-])c(C)c1. The summed E-state index contributed by atoms with van der Waals surface area (Å²) >= 11 is 0. The zero-order chi connectivity index (χ0) is 13.9. The molecule has 1 aromatic rings. The molecule has 0 unspecified atom stereocenters. The number of carboxylic acid groups (broad SMARTS) is 1. The molecule has 0 fully saturated rings. The highest BCUT2D eigenvalue weighted by Gasteiger charge is 2.19. The van der Waals surface area contributed by atoms with Gasteiger partial charge in [0.25, 0.3) is 0 Å². The Morgan fingerprint density at radius 3 is 2.17 bits per heavy atom. The van der Waals surface area contributed by atoms with Crippen molar-refractivity contribution >= 4 is 16.0 Å². The van der Waals surface area contributed by atoms with Crippen LogP contribution in [0.5, 0.6) is 0 Å². The van der Waals surface area contributed by atoms with Crippen LogP contribution in [-0.4, -0.2) is 20.9 Å². The molecular weight excluding hydrogens is 254 g/mol. The normalized spacial score (nSPS) is 11.5. The summed E-state index contributed by atoms with van der Waals surface area (Å²) in [7, 11) is -3.68. The maximum atomic E-state index is 12.0. The van der Waals surface area contributed by atoms with Gasteiger partial charge >= 0.3 is 0 Å². The lowest BCUT2D eigenvalue weighted by Gasteiger charge is -2.13. The average molecular weight is 270 g/mol. The van der Waals surface area contributed by atoms with E-state index in [0.717, 1.165) is 5.56 Å². The van der Waals surface area contributed by atoms with Crippen molar-refractivity contribution in [2.45, 2.75) is 32.1 Å². The van der Waals surface area contributed by atoms with Crippen LogP contribution >= 0.6 is 0 Å². The van der Waals surface area contributed by atoms with Gasteiger partial charge in [0, 0.05) is 18.9 Å². The van der Waals surface area contributed by atoms with E-state index >= 15 is 0 Å². The van der Waals surface area contributed by atoms with E-state index in [4.69, 9.17) is 0 Å². The molecule has 0 bridgehead atoms. The predicted molar refractivity (Wildman–Crippen MR) is 65.5 cm³/mol. The Balaban J connectivity index is 3.02. The molecule has 0 heterocycles. The first-order valence-corrected chi connectivity index (χ1v) is 6.99. The summed E-state index contributed by atoms with van der Waals surface area (Å²) < 4.78 is 26.3. The first kappa shape index (κ1) is 14.7. The molecule has 100 valence electrons. The molecular formula is C12H16NO4S-. The van der Waals surface area contributed by atoms with Gasteiger partial charge in [-0.1, -0.05) is 17.7 Å². The van der Waals surface area contributed by atoms with Gasteiger partial charge in [-0.05, 0) is 31.9 Å². The van der Waals surface area contributed by atoms with Gasteiger partial charge in [0.05, 0.1) is 4.90 Å². The monoisotopic (exact) mass is 270 g/mol. The minimum absolute atomic E-state index is 0.169. The molecule has 0 aromatic heterocycles. The maximum Gasteiger partial charge on any atom is 0.241 e. The van der Waals surface area contributed by atoms with Crippen molar-refractivity contribution in [1.82, 2.24) is 4.72 Å². The number of rotatable bonds is 5. The van der Waals surface area contributed by atoms with Gasteiger partial charge in [-0.3, -0.25) is 0 Å². The molecule has 0 amide bonds. The quantitative estimate of drug-likeness (QED) is 0.818. The molecule has 0 aliphatic carbocycles. The second kappa shape index (κ2) is 5.49. The van der Waals surface area contributed by atoms with Crippen molar-refractivity contribution in [2.24, 2.45) is 0 Å². The van der Waals surface area contributed by atoms with Gasteiger partial charge in [-0.25, -0.2) is 13.1 Å². The standard InChI is InChI=1S/C12H17NO4S/c1-8-6-9(2)12(10(3)7-8)18(16,17)13-5-4-11(14)15/h6-7,13H,4-5H2,1-3H3,(H,14,15)/p-1. The Kier molecular flexibility index (Phi) is 4.48. The molecule has 18 heavy (non-hydrogen) atoms. The second-order valence-corrected chi connectivity index (χ2v) is 5.95. The maximum absolute atomic E-state index is 12.0. The van der Waals surface area contributed by atoms with Crippen molar-refractivity contribution in [3.8, 4) is 0 Å². The summed E-state index contributed by atoms with van der Waals surface area (Å²) in [6, 6.07) is 3.56. The van der Waals surface area contributed by atoms with Crippen LogP contribution in [-0.2, 0) is 14.8 Å². The van der Waals surface area contributed by atoms with E-state index < -0.39 is 16.0 Å². The lowest BCUT2D eigenvalue weighted by molar-refractivity contribution is -0.305. The van der Waals surface area contributed by atoms with Crippen LogP contribution in [0, 0.1) is 20.8 Å². The van der Waals surface area contributed by atoms with Gasteiger partial charge in [0.1, 0.15) is 0 Å². The van der Waals surface area contributed by atoms with E-state index in [-0.39, 0.29) is 17.9 Å². The Bertz CT molecular complexity index is 540. The number of benzene rings is 1. The zero-order valence-corrected chi connectivity index (χ0v) is 11.4. The number of carbonyl (C=O) groups is 1. The lowest BCUT2D eigenvalue weighted by Crippen LogP contribution is -2.31. The Morgan fingerprint density at radius 1 is 1.22 bits per heavy atom. The van der Waals surface area contributed by atoms with E-state index in [1.807, 2.05) is 6.92 Å².